The van der Waals surface area contributed by atoms with E-state index in [4.69, 9.17) is 14.2 Å². The molecule has 3 rings (SSSR count). The number of aromatic amines is 1. The summed E-state index contributed by atoms with van der Waals surface area (Å²) < 4.78 is 16.3. The Morgan fingerprint density at radius 2 is 1.84 bits per heavy atom. The zero-order valence-electron chi connectivity index (χ0n) is 18.4. The lowest BCUT2D eigenvalue weighted by atomic mass is 10.1. The average Bonchev–Trinajstić information content (AvgIpc) is 3.29. The van der Waals surface area contributed by atoms with Crippen molar-refractivity contribution >= 4 is 5.91 Å². The van der Waals surface area contributed by atoms with Crippen LogP contribution in [0.5, 0.6) is 17.2 Å². The van der Waals surface area contributed by atoms with E-state index in [2.05, 4.69) is 22.4 Å². The molecule has 31 heavy (non-hydrogen) atoms. The van der Waals surface area contributed by atoms with Gasteiger partial charge >= 0.3 is 0 Å². The number of amides is 1. The molecule has 1 aromatic heterocycles. The van der Waals surface area contributed by atoms with Crippen LogP contribution in [0.1, 0.15) is 48.7 Å². The molecule has 0 spiro atoms. The highest BCUT2D eigenvalue weighted by Gasteiger charge is 2.19. The molecular weight excluding hydrogens is 394 g/mol. The highest BCUT2D eigenvalue weighted by molar-refractivity contribution is 5.99. The summed E-state index contributed by atoms with van der Waals surface area (Å²) in [5, 5.41) is 10.0. The highest BCUT2D eigenvalue weighted by atomic mass is 16.5. The largest absolute Gasteiger partial charge is 0.494 e. The summed E-state index contributed by atoms with van der Waals surface area (Å²) in [5.41, 5.74) is 2.91. The first kappa shape index (κ1) is 22.2. The SMILES string of the molecule is CCCCOc1ccc(-c2[nH]ncc2C(=O)N[C@@H](C)c2ccc(OC)c(OC)c2)cc1. The summed E-state index contributed by atoms with van der Waals surface area (Å²) in [6.07, 6.45) is 3.65. The lowest BCUT2D eigenvalue weighted by Gasteiger charge is -2.16. The molecule has 0 fully saturated rings. The Balaban J connectivity index is 1.72. The van der Waals surface area contributed by atoms with Gasteiger partial charge in [-0.15, -0.1) is 0 Å². The van der Waals surface area contributed by atoms with Crippen LogP contribution in [0.2, 0.25) is 0 Å². The fraction of sp³-hybridized carbons (Fsp3) is 0.333. The first-order valence-electron chi connectivity index (χ1n) is 10.4. The van der Waals surface area contributed by atoms with Crippen molar-refractivity contribution in [1.29, 1.82) is 0 Å². The molecule has 2 aromatic carbocycles. The van der Waals surface area contributed by atoms with Crippen LogP contribution in [0.3, 0.4) is 0 Å². The van der Waals surface area contributed by atoms with E-state index >= 15 is 0 Å². The molecule has 1 heterocycles. The van der Waals surface area contributed by atoms with Crippen LogP contribution in [0.4, 0.5) is 0 Å². The van der Waals surface area contributed by atoms with E-state index in [9.17, 15) is 4.79 Å². The third-order valence-corrected chi connectivity index (χ3v) is 5.05. The minimum atomic E-state index is -0.232. The van der Waals surface area contributed by atoms with Crippen LogP contribution in [0.25, 0.3) is 11.3 Å². The van der Waals surface area contributed by atoms with Crippen molar-refractivity contribution in [3.05, 3.63) is 59.8 Å². The van der Waals surface area contributed by atoms with Crippen molar-refractivity contribution in [3.63, 3.8) is 0 Å². The Morgan fingerprint density at radius 3 is 2.52 bits per heavy atom. The molecule has 164 valence electrons. The molecular formula is C24H29N3O4. The summed E-state index contributed by atoms with van der Waals surface area (Å²) >= 11 is 0. The summed E-state index contributed by atoms with van der Waals surface area (Å²) in [6, 6.07) is 13.0. The molecule has 0 saturated heterocycles. The van der Waals surface area contributed by atoms with Crippen LogP contribution in [-0.4, -0.2) is 36.9 Å². The van der Waals surface area contributed by atoms with Gasteiger partial charge in [0, 0.05) is 5.56 Å². The van der Waals surface area contributed by atoms with E-state index in [0.29, 0.717) is 29.4 Å². The normalized spacial score (nSPS) is 11.6. The monoisotopic (exact) mass is 423 g/mol. The first-order chi connectivity index (χ1) is 15.1. The third kappa shape index (κ3) is 5.36. The van der Waals surface area contributed by atoms with Crippen molar-refractivity contribution in [3.8, 4) is 28.5 Å². The van der Waals surface area contributed by atoms with Gasteiger partial charge < -0.3 is 19.5 Å². The van der Waals surface area contributed by atoms with E-state index in [-0.39, 0.29) is 11.9 Å². The smallest absolute Gasteiger partial charge is 0.255 e. The van der Waals surface area contributed by atoms with Gasteiger partial charge in [0.1, 0.15) is 5.75 Å². The summed E-state index contributed by atoms with van der Waals surface area (Å²) in [5.74, 6) is 1.86. The molecule has 7 nitrogen and oxygen atoms in total. The number of aromatic nitrogens is 2. The number of hydrogen-bond acceptors (Lipinski definition) is 5. The second kappa shape index (κ2) is 10.5. The lowest BCUT2D eigenvalue weighted by molar-refractivity contribution is 0.0940. The van der Waals surface area contributed by atoms with Gasteiger partial charge in [0.05, 0.1) is 44.3 Å². The predicted molar refractivity (Wildman–Crippen MR) is 120 cm³/mol. The number of H-pyrrole nitrogens is 1. The lowest BCUT2D eigenvalue weighted by Crippen LogP contribution is -2.26. The van der Waals surface area contributed by atoms with Gasteiger partial charge in [0.2, 0.25) is 0 Å². The molecule has 0 saturated carbocycles. The van der Waals surface area contributed by atoms with Gasteiger partial charge in [-0.05, 0) is 55.3 Å². The van der Waals surface area contributed by atoms with Crippen molar-refractivity contribution in [2.45, 2.75) is 32.7 Å². The molecule has 0 aliphatic rings. The number of ether oxygens (including phenoxy) is 3. The number of hydrogen-bond donors (Lipinski definition) is 2. The topological polar surface area (TPSA) is 85.5 Å². The van der Waals surface area contributed by atoms with E-state index in [1.165, 1.54) is 6.20 Å². The van der Waals surface area contributed by atoms with Crippen molar-refractivity contribution < 1.29 is 19.0 Å². The quantitative estimate of drug-likeness (QED) is 0.459. The minimum Gasteiger partial charge on any atom is -0.494 e. The molecule has 0 aliphatic carbocycles. The number of nitrogens with one attached hydrogen (secondary N) is 2. The number of benzene rings is 2. The number of unbranched alkanes of at least 4 members (excludes halogenated alkanes) is 1. The zero-order valence-corrected chi connectivity index (χ0v) is 18.4. The number of methoxy groups -OCH3 is 2. The molecule has 3 aromatic rings. The summed E-state index contributed by atoms with van der Waals surface area (Å²) in [6.45, 7) is 4.74. The molecule has 0 unspecified atom stereocenters. The van der Waals surface area contributed by atoms with Gasteiger partial charge in [-0.3, -0.25) is 9.89 Å². The average molecular weight is 424 g/mol. The van der Waals surface area contributed by atoms with Crippen LogP contribution in [0, 0.1) is 0 Å². The Kier molecular flexibility index (Phi) is 7.54. The molecule has 1 atom stereocenters. The molecule has 0 aliphatic heterocycles. The molecule has 0 radical (unpaired) electrons. The molecule has 0 bridgehead atoms. The Morgan fingerprint density at radius 1 is 1.10 bits per heavy atom. The van der Waals surface area contributed by atoms with Crippen LogP contribution >= 0.6 is 0 Å². The van der Waals surface area contributed by atoms with Crippen LogP contribution in [0.15, 0.2) is 48.7 Å². The number of carbonyl (C=O) groups excluding carboxylic acids is 1. The number of nitrogens with zero attached hydrogens (tertiary/aromatic N) is 1. The van der Waals surface area contributed by atoms with Gasteiger partial charge in [0.15, 0.2) is 11.5 Å². The maximum atomic E-state index is 13.0. The van der Waals surface area contributed by atoms with Crippen LogP contribution in [-0.2, 0) is 0 Å². The maximum absolute atomic E-state index is 13.0. The van der Waals surface area contributed by atoms with E-state index in [1.807, 2.05) is 49.4 Å². The Labute approximate surface area is 182 Å². The first-order valence-corrected chi connectivity index (χ1v) is 10.4. The standard InChI is InChI=1S/C24H29N3O4/c1-5-6-13-31-19-10-7-17(8-11-19)23-20(15-25-27-23)24(28)26-16(2)18-9-12-21(29-3)22(14-18)30-4/h7-12,14-16H,5-6,13H2,1-4H3,(H,25,27)(H,26,28)/t16-/m0/s1. The number of rotatable bonds is 10. The van der Waals surface area contributed by atoms with Gasteiger partial charge in [-0.1, -0.05) is 19.4 Å². The van der Waals surface area contributed by atoms with E-state index in [1.54, 1.807) is 14.2 Å². The van der Waals surface area contributed by atoms with Crippen molar-refractivity contribution in [2.24, 2.45) is 0 Å². The van der Waals surface area contributed by atoms with Crippen LogP contribution < -0.4 is 19.5 Å². The van der Waals surface area contributed by atoms with Gasteiger partial charge in [-0.25, -0.2) is 0 Å². The fourth-order valence-electron chi connectivity index (χ4n) is 3.21. The van der Waals surface area contributed by atoms with E-state index in [0.717, 1.165) is 29.7 Å². The second-order valence-corrected chi connectivity index (χ2v) is 7.19. The molecule has 2 N–H and O–H groups in total. The minimum absolute atomic E-state index is 0.214. The Hall–Kier alpha value is -3.48. The van der Waals surface area contributed by atoms with Crippen molar-refractivity contribution in [2.75, 3.05) is 20.8 Å². The maximum Gasteiger partial charge on any atom is 0.255 e. The fourth-order valence-corrected chi connectivity index (χ4v) is 3.21. The van der Waals surface area contributed by atoms with Crippen molar-refractivity contribution in [1.82, 2.24) is 15.5 Å². The summed E-state index contributed by atoms with van der Waals surface area (Å²) in [4.78, 5) is 13.0. The van der Waals surface area contributed by atoms with Gasteiger partial charge in [-0.2, -0.15) is 5.10 Å². The third-order valence-electron chi connectivity index (χ3n) is 5.05. The zero-order chi connectivity index (χ0) is 22.2. The Bertz CT molecular complexity index is 998. The predicted octanol–water partition coefficient (Wildman–Crippen LogP) is 4.76. The highest BCUT2D eigenvalue weighted by Crippen LogP contribution is 2.30. The van der Waals surface area contributed by atoms with E-state index < -0.39 is 0 Å². The summed E-state index contributed by atoms with van der Waals surface area (Å²) in [7, 11) is 3.18. The number of carbonyl (C=O) groups is 1. The van der Waals surface area contributed by atoms with Gasteiger partial charge in [0.25, 0.3) is 5.91 Å². The molecule has 1 amide bonds. The molecule has 7 heteroatoms. The second-order valence-electron chi connectivity index (χ2n) is 7.19.